The van der Waals surface area contributed by atoms with E-state index in [4.69, 9.17) is 0 Å². The second-order valence-electron chi connectivity index (χ2n) is 4.21. The van der Waals surface area contributed by atoms with E-state index in [9.17, 15) is 8.78 Å². The zero-order valence-corrected chi connectivity index (χ0v) is 10.2. The highest BCUT2D eigenvalue weighted by molar-refractivity contribution is 5.85. The van der Waals surface area contributed by atoms with E-state index in [1.54, 1.807) is 30.6 Å². The van der Waals surface area contributed by atoms with Crippen LogP contribution in [0.15, 0.2) is 36.7 Å². The summed E-state index contributed by atoms with van der Waals surface area (Å²) in [5, 5.41) is 4.63. The van der Waals surface area contributed by atoms with Crippen LogP contribution in [0.3, 0.4) is 0 Å². The molecule has 1 heterocycles. The van der Waals surface area contributed by atoms with E-state index in [1.807, 2.05) is 13.0 Å². The van der Waals surface area contributed by atoms with Crippen molar-refractivity contribution in [3.63, 3.8) is 0 Å². The third-order valence-electron chi connectivity index (χ3n) is 2.92. The van der Waals surface area contributed by atoms with Crippen LogP contribution in [-0.4, -0.2) is 18.0 Å². The number of halogens is 2. The lowest BCUT2D eigenvalue weighted by Crippen LogP contribution is -2.28. The molecule has 0 saturated carbocycles. The number of aromatic nitrogens is 1. The van der Waals surface area contributed by atoms with Crippen molar-refractivity contribution in [2.24, 2.45) is 0 Å². The van der Waals surface area contributed by atoms with Crippen LogP contribution in [0.4, 0.5) is 8.78 Å². The number of nitrogens with zero attached hydrogens (tertiary/aromatic N) is 1. The average molecular weight is 250 g/mol. The Labute approximate surface area is 105 Å². The molecule has 0 aliphatic heterocycles. The van der Waals surface area contributed by atoms with E-state index in [1.165, 1.54) is 0 Å². The molecule has 1 aromatic carbocycles. The lowest BCUT2D eigenvalue weighted by Gasteiger charge is -2.19. The van der Waals surface area contributed by atoms with E-state index in [0.29, 0.717) is 12.1 Å². The molecule has 1 atom stereocenters. The molecule has 1 N–H and O–H groups in total. The molecule has 18 heavy (non-hydrogen) atoms. The molecular formula is C14H16F2N2. The lowest BCUT2D eigenvalue weighted by molar-refractivity contribution is 0.0991. The molecular weight excluding hydrogens is 234 g/mol. The van der Waals surface area contributed by atoms with Gasteiger partial charge in [-0.15, -0.1) is 0 Å². The highest BCUT2D eigenvalue weighted by atomic mass is 19.3. The monoisotopic (exact) mass is 250 g/mol. The second-order valence-corrected chi connectivity index (χ2v) is 4.21. The van der Waals surface area contributed by atoms with Gasteiger partial charge in [0.1, 0.15) is 0 Å². The maximum atomic E-state index is 13.2. The third kappa shape index (κ3) is 2.64. The largest absolute Gasteiger partial charge is 0.305 e. The fourth-order valence-electron chi connectivity index (χ4n) is 2.05. The van der Waals surface area contributed by atoms with Crippen LogP contribution in [0.25, 0.3) is 10.8 Å². The van der Waals surface area contributed by atoms with Gasteiger partial charge >= 0.3 is 0 Å². The summed E-state index contributed by atoms with van der Waals surface area (Å²) < 4.78 is 26.3. The zero-order chi connectivity index (χ0) is 13.0. The first-order valence-electron chi connectivity index (χ1n) is 6.08. The van der Waals surface area contributed by atoms with E-state index in [-0.39, 0.29) is 0 Å². The smallest absolute Gasteiger partial charge is 0.257 e. The van der Waals surface area contributed by atoms with Crippen LogP contribution in [0.1, 0.15) is 24.9 Å². The number of hydrogen-bond donors (Lipinski definition) is 1. The molecule has 4 heteroatoms. The van der Waals surface area contributed by atoms with Crippen LogP contribution in [-0.2, 0) is 0 Å². The van der Waals surface area contributed by atoms with Crippen molar-refractivity contribution in [2.75, 3.05) is 6.54 Å². The Balaban J connectivity index is 2.43. The summed E-state index contributed by atoms with van der Waals surface area (Å²) in [6.07, 6.45) is 1.74. The van der Waals surface area contributed by atoms with Gasteiger partial charge in [0.15, 0.2) is 0 Å². The predicted molar refractivity (Wildman–Crippen MR) is 68.8 cm³/mol. The molecule has 2 rings (SSSR count). The second kappa shape index (κ2) is 5.87. The number of benzene rings is 1. The first-order valence-corrected chi connectivity index (χ1v) is 6.08. The van der Waals surface area contributed by atoms with Crippen molar-refractivity contribution in [3.8, 4) is 0 Å². The minimum atomic E-state index is -2.42. The van der Waals surface area contributed by atoms with E-state index < -0.39 is 12.5 Å². The van der Waals surface area contributed by atoms with Crippen LogP contribution >= 0.6 is 0 Å². The van der Waals surface area contributed by atoms with Gasteiger partial charge in [0.05, 0.1) is 6.04 Å². The van der Waals surface area contributed by atoms with Gasteiger partial charge in [-0.2, -0.15) is 0 Å². The molecule has 0 bridgehead atoms. The molecule has 0 aliphatic rings. The van der Waals surface area contributed by atoms with Crippen molar-refractivity contribution in [1.29, 1.82) is 0 Å². The lowest BCUT2D eigenvalue weighted by atomic mass is 10.00. The minimum Gasteiger partial charge on any atom is -0.305 e. The number of hydrogen-bond acceptors (Lipinski definition) is 2. The predicted octanol–water partition coefficient (Wildman–Crippen LogP) is 3.54. The number of fused-ring (bicyclic) bond motifs is 1. The molecule has 0 fully saturated rings. The summed E-state index contributed by atoms with van der Waals surface area (Å²) in [6.45, 7) is 2.54. The van der Waals surface area contributed by atoms with Gasteiger partial charge in [-0.1, -0.05) is 25.1 Å². The van der Waals surface area contributed by atoms with Gasteiger partial charge in [0.25, 0.3) is 6.43 Å². The Kier molecular flexibility index (Phi) is 4.20. The Bertz CT molecular complexity index is 509. The van der Waals surface area contributed by atoms with Gasteiger partial charge in [0, 0.05) is 17.8 Å². The van der Waals surface area contributed by atoms with Gasteiger partial charge in [-0.3, -0.25) is 4.98 Å². The summed E-state index contributed by atoms with van der Waals surface area (Å²) in [4.78, 5) is 4.01. The van der Waals surface area contributed by atoms with E-state index in [0.717, 1.165) is 17.2 Å². The first-order chi connectivity index (χ1) is 8.74. The zero-order valence-electron chi connectivity index (χ0n) is 10.2. The highest BCUT2D eigenvalue weighted by Gasteiger charge is 2.23. The Morgan fingerprint density at radius 3 is 2.83 bits per heavy atom. The molecule has 2 nitrogen and oxygen atoms in total. The molecule has 0 amide bonds. The summed E-state index contributed by atoms with van der Waals surface area (Å²) in [5.74, 6) is 0. The Morgan fingerprint density at radius 2 is 2.11 bits per heavy atom. The molecule has 0 spiro atoms. The van der Waals surface area contributed by atoms with Crippen LogP contribution in [0.2, 0.25) is 0 Å². The van der Waals surface area contributed by atoms with Gasteiger partial charge < -0.3 is 5.32 Å². The molecule has 0 aliphatic carbocycles. The average Bonchev–Trinajstić information content (AvgIpc) is 2.39. The van der Waals surface area contributed by atoms with Gasteiger partial charge in [-0.05, 0) is 30.0 Å². The van der Waals surface area contributed by atoms with E-state index in [2.05, 4.69) is 10.3 Å². The normalized spacial score (nSPS) is 13.1. The highest BCUT2D eigenvalue weighted by Crippen LogP contribution is 2.27. The first kappa shape index (κ1) is 12.9. The van der Waals surface area contributed by atoms with Crippen molar-refractivity contribution in [2.45, 2.75) is 25.8 Å². The van der Waals surface area contributed by atoms with Crippen molar-refractivity contribution < 1.29 is 8.78 Å². The summed E-state index contributed by atoms with van der Waals surface area (Å²) in [7, 11) is 0. The molecule has 96 valence electrons. The summed E-state index contributed by atoms with van der Waals surface area (Å²) >= 11 is 0. The SMILES string of the molecule is CCCNC(c1cccc2cnccc12)C(F)F. The molecule has 0 radical (unpaired) electrons. The fraction of sp³-hybridized carbons (Fsp3) is 0.357. The van der Waals surface area contributed by atoms with Crippen LogP contribution in [0, 0.1) is 0 Å². The quantitative estimate of drug-likeness (QED) is 0.878. The minimum absolute atomic E-state index is 0.580. The standard InChI is InChI=1S/C14H16F2N2/c1-2-7-18-13(14(15)16)12-5-3-4-10-9-17-8-6-11(10)12/h3-6,8-9,13-14,18H,2,7H2,1H3. The van der Waals surface area contributed by atoms with Gasteiger partial charge in [0.2, 0.25) is 0 Å². The number of pyridine rings is 1. The Hall–Kier alpha value is -1.55. The summed E-state index contributed by atoms with van der Waals surface area (Å²) in [5.41, 5.74) is 0.637. The maximum Gasteiger partial charge on any atom is 0.257 e. The molecule has 1 aromatic heterocycles. The number of rotatable bonds is 5. The molecule has 1 unspecified atom stereocenters. The van der Waals surface area contributed by atoms with Gasteiger partial charge in [-0.25, -0.2) is 8.78 Å². The van der Waals surface area contributed by atoms with Crippen molar-refractivity contribution >= 4 is 10.8 Å². The molecule has 0 saturated heterocycles. The summed E-state index contributed by atoms with van der Waals surface area (Å²) in [6, 6.07) is 6.29. The third-order valence-corrected chi connectivity index (χ3v) is 2.92. The number of nitrogens with one attached hydrogen (secondary N) is 1. The topological polar surface area (TPSA) is 24.9 Å². The van der Waals surface area contributed by atoms with Crippen molar-refractivity contribution in [3.05, 3.63) is 42.2 Å². The van der Waals surface area contributed by atoms with Crippen molar-refractivity contribution in [1.82, 2.24) is 10.3 Å². The number of alkyl halides is 2. The van der Waals surface area contributed by atoms with E-state index >= 15 is 0 Å². The van der Waals surface area contributed by atoms with Crippen LogP contribution < -0.4 is 5.32 Å². The van der Waals surface area contributed by atoms with Crippen LogP contribution in [0.5, 0.6) is 0 Å². The Morgan fingerprint density at radius 1 is 1.28 bits per heavy atom. The fourth-order valence-corrected chi connectivity index (χ4v) is 2.05. The molecule has 2 aromatic rings. The maximum absolute atomic E-state index is 13.2.